The SMILES string of the molecule is CC(C)CN(CC(=O)N(Cc1ccc2c(c1)OCO2)Cc1cccs1)S(=O)(=O)c1cccc2ccccc12. The monoisotopic (exact) mass is 550 g/mol. The Morgan fingerprint density at radius 2 is 1.74 bits per heavy atom. The van der Waals surface area contributed by atoms with E-state index in [-0.39, 0.29) is 36.6 Å². The third kappa shape index (κ3) is 5.70. The third-order valence-electron chi connectivity index (χ3n) is 6.34. The first-order chi connectivity index (χ1) is 18.3. The molecule has 0 unspecified atom stereocenters. The number of carbonyl (C=O) groups excluding carboxylic acids is 1. The van der Waals surface area contributed by atoms with E-state index in [0.29, 0.717) is 30.0 Å². The second-order valence-electron chi connectivity index (χ2n) is 9.69. The molecule has 1 aliphatic heterocycles. The predicted octanol–water partition coefficient (Wildman–Crippen LogP) is 5.51. The van der Waals surface area contributed by atoms with Gasteiger partial charge in [-0.15, -0.1) is 11.3 Å². The molecule has 0 bridgehead atoms. The fourth-order valence-electron chi connectivity index (χ4n) is 4.55. The summed E-state index contributed by atoms with van der Waals surface area (Å²) in [4.78, 5) is 16.7. The van der Waals surface area contributed by atoms with Crippen molar-refractivity contribution in [2.45, 2.75) is 31.8 Å². The van der Waals surface area contributed by atoms with Crippen molar-refractivity contribution in [1.82, 2.24) is 9.21 Å². The molecule has 7 nitrogen and oxygen atoms in total. The summed E-state index contributed by atoms with van der Waals surface area (Å²) in [7, 11) is -3.94. The first-order valence-electron chi connectivity index (χ1n) is 12.5. The quantitative estimate of drug-likeness (QED) is 0.260. The molecule has 0 atom stereocenters. The maximum absolute atomic E-state index is 14.0. The van der Waals surface area contributed by atoms with Crippen molar-refractivity contribution in [2.75, 3.05) is 19.9 Å². The van der Waals surface area contributed by atoms with Gasteiger partial charge in [-0.05, 0) is 46.5 Å². The molecule has 4 aromatic rings. The summed E-state index contributed by atoms with van der Waals surface area (Å²) in [5.41, 5.74) is 0.881. The molecule has 0 aliphatic carbocycles. The van der Waals surface area contributed by atoms with Gasteiger partial charge in [0.1, 0.15) is 0 Å². The van der Waals surface area contributed by atoms with Crippen LogP contribution in [0, 0.1) is 5.92 Å². The zero-order chi connectivity index (χ0) is 26.7. The van der Waals surface area contributed by atoms with Crippen molar-refractivity contribution < 1.29 is 22.7 Å². The number of amides is 1. The van der Waals surface area contributed by atoms with E-state index in [9.17, 15) is 13.2 Å². The van der Waals surface area contributed by atoms with Gasteiger partial charge in [-0.1, -0.05) is 62.4 Å². The van der Waals surface area contributed by atoms with Crippen LogP contribution in [-0.2, 0) is 27.9 Å². The first-order valence-corrected chi connectivity index (χ1v) is 14.8. The Morgan fingerprint density at radius 3 is 2.53 bits per heavy atom. The maximum atomic E-state index is 14.0. The summed E-state index contributed by atoms with van der Waals surface area (Å²) in [5, 5.41) is 3.45. The molecule has 0 N–H and O–H groups in total. The second-order valence-corrected chi connectivity index (χ2v) is 12.6. The van der Waals surface area contributed by atoms with E-state index in [2.05, 4.69) is 0 Å². The fourth-order valence-corrected chi connectivity index (χ4v) is 7.03. The van der Waals surface area contributed by atoms with Gasteiger partial charge in [-0.3, -0.25) is 4.79 Å². The van der Waals surface area contributed by atoms with E-state index < -0.39 is 10.0 Å². The van der Waals surface area contributed by atoms with Crippen LogP contribution in [0.2, 0.25) is 0 Å². The average Bonchev–Trinajstić information content (AvgIpc) is 3.59. The third-order valence-corrected chi connectivity index (χ3v) is 9.07. The lowest BCUT2D eigenvalue weighted by molar-refractivity contribution is -0.132. The zero-order valence-corrected chi connectivity index (χ0v) is 23.0. The molecule has 2 heterocycles. The van der Waals surface area contributed by atoms with Crippen LogP contribution in [-0.4, -0.2) is 43.4 Å². The Morgan fingerprint density at radius 1 is 0.947 bits per heavy atom. The molecule has 0 saturated carbocycles. The minimum Gasteiger partial charge on any atom is -0.454 e. The molecule has 1 aromatic heterocycles. The van der Waals surface area contributed by atoms with Crippen molar-refractivity contribution in [3.63, 3.8) is 0 Å². The van der Waals surface area contributed by atoms with Crippen molar-refractivity contribution in [2.24, 2.45) is 5.92 Å². The first kappa shape index (κ1) is 26.2. The molecule has 0 radical (unpaired) electrons. The number of ether oxygens (including phenoxy) is 2. The lowest BCUT2D eigenvalue weighted by Crippen LogP contribution is -2.43. The molecule has 1 aliphatic rings. The number of fused-ring (bicyclic) bond motifs is 2. The molecule has 0 saturated heterocycles. The fraction of sp³-hybridized carbons (Fsp3) is 0.276. The van der Waals surface area contributed by atoms with E-state index in [1.54, 1.807) is 34.4 Å². The van der Waals surface area contributed by atoms with Crippen LogP contribution in [0.4, 0.5) is 0 Å². The topological polar surface area (TPSA) is 76.2 Å². The summed E-state index contributed by atoms with van der Waals surface area (Å²) in [6.07, 6.45) is 0. The molecule has 9 heteroatoms. The van der Waals surface area contributed by atoms with Gasteiger partial charge < -0.3 is 14.4 Å². The number of hydrogen-bond donors (Lipinski definition) is 0. The van der Waals surface area contributed by atoms with Crippen molar-refractivity contribution >= 4 is 38.0 Å². The van der Waals surface area contributed by atoms with E-state index in [0.717, 1.165) is 15.8 Å². The van der Waals surface area contributed by atoms with Gasteiger partial charge in [0.25, 0.3) is 0 Å². The van der Waals surface area contributed by atoms with Crippen LogP contribution in [0.5, 0.6) is 11.5 Å². The Bertz CT molecular complexity index is 1530. The number of hydrogen-bond acceptors (Lipinski definition) is 6. The molecule has 1 amide bonds. The highest BCUT2D eigenvalue weighted by Gasteiger charge is 2.30. The number of thiophene rings is 1. The molecule has 38 heavy (non-hydrogen) atoms. The highest BCUT2D eigenvalue weighted by atomic mass is 32.2. The maximum Gasteiger partial charge on any atom is 0.244 e. The van der Waals surface area contributed by atoms with Crippen LogP contribution >= 0.6 is 11.3 Å². The Labute approximate surface area is 227 Å². The van der Waals surface area contributed by atoms with Crippen LogP contribution in [0.25, 0.3) is 10.8 Å². The highest BCUT2D eigenvalue weighted by Crippen LogP contribution is 2.33. The lowest BCUT2D eigenvalue weighted by Gasteiger charge is -2.28. The number of rotatable bonds is 10. The van der Waals surface area contributed by atoms with Crippen LogP contribution in [0.3, 0.4) is 0 Å². The summed E-state index contributed by atoms with van der Waals surface area (Å²) < 4.78 is 40.2. The molecule has 198 valence electrons. The molecule has 0 spiro atoms. The van der Waals surface area contributed by atoms with Crippen LogP contribution < -0.4 is 9.47 Å². The van der Waals surface area contributed by atoms with Gasteiger partial charge in [0.2, 0.25) is 22.7 Å². The van der Waals surface area contributed by atoms with E-state index >= 15 is 0 Å². The second kappa shape index (κ2) is 11.1. The van der Waals surface area contributed by atoms with Gasteiger partial charge in [0.05, 0.1) is 18.0 Å². The van der Waals surface area contributed by atoms with E-state index in [1.165, 1.54) is 4.31 Å². The molecular formula is C29H30N2O5S2. The Balaban J connectivity index is 1.45. The Hall–Kier alpha value is -3.40. The number of nitrogens with zero attached hydrogens (tertiary/aromatic N) is 2. The summed E-state index contributed by atoms with van der Waals surface area (Å²) in [6.45, 7) is 4.75. The zero-order valence-electron chi connectivity index (χ0n) is 21.4. The molecular weight excluding hydrogens is 520 g/mol. The predicted molar refractivity (Wildman–Crippen MR) is 149 cm³/mol. The number of benzene rings is 3. The summed E-state index contributed by atoms with van der Waals surface area (Å²) >= 11 is 1.56. The average molecular weight is 551 g/mol. The minimum atomic E-state index is -3.94. The lowest BCUT2D eigenvalue weighted by atomic mass is 10.1. The number of carbonyl (C=O) groups is 1. The number of sulfonamides is 1. The summed E-state index contributed by atoms with van der Waals surface area (Å²) in [5.74, 6) is 1.09. The van der Waals surface area contributed by atoms with Crippen LogP contribution in [0.1, 0.15) is 24.3 Å². The van der Waals surface area contributed by atoms with Gasteiger partial charge in [0, 0.05) is 23.4 Å². The van der Waals surface area contributed by atoms with Crippen LogP contribution in [0.15, 0.2) is 83.1 Å². The van der Waals surface area contributed by atoms with Gasteiger partial charge >= 0.3 is 0 Å². The van der Waals surface area contributed by atoms with Crippen molar-refractivity contribution in [1.29, 1.82) is 0 Å². The summed E-state index contributed by atoms with van der Waals surface area (Å²) in [6, 6.07) is 22.2. The molecule has 3 aromatic carbocycles. The highest BCUT2D eigenvalue weighted by molar-refractivity contribution is 7.89. The van der Waals surface area contributed by atoms with Gasteiger partial charge in [0.15, 0.2) is 11.5 Å². The standard InChI is InChI=1S/C29H30N2O5S2/c1-21(2)16-31(38(33,34)28-11-5-8-23-7-3-4-10-25(23)28)19-29(32)30(18-24-9-6-14-37-24)17-22-12-13-26-27(15-22)36-20-35-26/h3-15,21H,16-20H2,1-2H3. The minimum absolute atomic E-state index is 0.0344. The normalized spacial score (nSPS) is 12.9. The van der Waals surface area contributed by atoms with Crippen molar-refractivity contribution in [3.05, 3.63) is 88.6 Å². The van der Waals surface area contributed by atoms with Crippen molar-refractivity contribution in [3.8, 4) is 11.5 Å². The molecule has 0 fully saturated rings. The van der Waals surface area contributed by atoms with E-state index in [1.807, 2.05) is 73.8 Å². The van der Waals surface area contributed by atoms with Gasteiger partial charge in [-0.25, -0.2) is 8.42 Å². The Kier molecular flexibility index (Phi) is 7.69. The van der Waals surface area contributed by atoms with E-state index in [4.69, 9.17) is 9.47 Å². The van der Waals surface area contributed by atoms with Gasteiger partial charge in [-0.2, -0.15) is 4.31 Å². The largest absolute Gasteiger partial charge is 0.454 e. The molecule has 5 rings (SSSR count). The smallest absolute Gasteiger partial charge is 0.244 e.